The topological polar surface area (TPSA) is 0 Å². The van der Waals surface area contributed by atoms with Crippen molar-refractivity contribution in [2.24, 2.45) is 5.92 Å². The molecule has 0 N–H and O–H groups in total. The van der Waals surface area contributed by atoms with Crippen molar-refractivity contribution in [1.29, 1.82) is 0 Å². The van der Waals surface area contributed by atoms with Gasteiger partial charge in [-0.3, -0.25) is 0 Å². The van der Waals surface area contributed by atoms with Crippen LogP contribution in [0.3, 0.4) is 0 Å². The molecule has 0 nitrogen and oxygen atoms in total. The minimum atomic E-state index is 0.0781. The maximum atomic E-state index is 12.5. The van der Waals surface area contributed by atoms with Crippen molar-refractivity contribution in [3.8, 4) is 0 Å². The van der Waals surface area contributed by atoms with Gasteiger partial charge in [-0.1, -0.05) is 0 Å². The van der Waals surface area contributed by atoms with Crippen molar-refractivity contribution in [1.82, 2.24) is 0 Å². The predicted molar refractivity (Wildman–Crippen MR) is 42.6 cm³/mol. The van der Waals surface area contributed by atoms with E-state index < -0.39 is 0 Å². The second kappa shape index (κ2) is 2.40. The fourth-order valence-corrected chi connectivity index (χ4v) is 2.91. The largest absolute Gasteiger partial charge is 0.165 e. The summed E-state index contributed by atoms with van der Waals surface area (Å²) in [6, 6.07) is 0. The van der Waals surface area contributed by atoms with Crippen LogP contribution in [0, 0.1) is 5.92 Å². The summed E-state index contributed by atoms with van der Waals surface area (Å²) in [5.41, 5.74) is 0. The van der Waals surface area contributed by atoms with Gasteiger partial charge in [0.25, 0.3) is 0 Å². The molecule has 0 heterocycles. The molecule has 0 saturated heterocycles. The molecule has 2 heteroatoms. The SMILES string of the molecule is FSC12CCC(CC1)CC2. The van der Waals surface area contributed by atoms with Crippen LogP contribution in [-0.2, 0) is 0 Å². The third-order valence-corrected chi connectivity index (χ3v) is 4.13. The van der Waals surface area contributed by atoms with E-state index in [-0.39, 0.29) is 4.75 Å². The van der Waals surface area contributed by atoms with E-state index in [1.165, 1.54) is 19.3 Å². The molecule has 0 atom stereocenters. The van der Waals surface area contributed by atoms with Crippen LogP contribution in [0.15, 0.2) is 0 Å². The first-order chi connectivity index (χ1) is 4.85. The summed E-state index contributed by atoms with van der Waals surface area (Å²) in [6.45, 7) is 0. The van der Waals surface area contributed by atoms with E-state index in [9.17, 15) is 3.89 Å². The van der Waals surface area contributed by atoms with Crippen molar-refractivity contribution in [2.45, 2.75) is 43.3 Å². The number of rotatable bonds is 1. The zero-order valence-corrected chi connectivity index (χ0v) is 6.92. The fourth-order valence-electron chi connectivity index (χ4n) is 2.33. The molecular weight excluding hydrogens is 147 g/mol. The molecule has 3 aliphatic rings. The Morgan fingerprint density at radius 1 is 1.10 bits per heavy atom. The Morgan fingerprint density at radius 2 is 1.60 bits per heavy atom. The molecule has 2 bridgehead atoms. The zero-order chi connectivity index (χ0) is 7.03. The van der Waals surface area contributed by atoms with Gasteiger partial charge >= 0.3 is 0 Å². The van der Waals surface area contributed by atoms with Crippen LogP contribution in [0.1, 0.15) is 38.5 Å². The molecule has 3 rings (SSSR count). The molecule has 0 spiro atoms. The molecule has 10 heavy (non-hydrogen) atoms. The summed E-state index contributed by atoms with van der Waals surface area (Å²) in [7, 11) is 0. The molecule has 0 aliphatic heterocycles. The Balaban J connectivity index is 2.08. The highest BCUT2D eigenvalue weighted by molar-refractivity contribution is 7.95. The van der Waals surface area contributed by atoms with Gasteiger partial charge in [-0.05, 0) is 44.4 Å². The lowest BCUT2D eigenvalue weighted by molar-refractivity contribution is 0.200. The summed E-state index contributed by atoms with van der Waals surface area (Å²) in [5.74, 6) is 0.953. The summed E-state index contributed by atoms with van der Waals surface area (Å²) >= 11 is 0.631. The Morgan fingerprint density at radius 3 is 1.90 bits per heavy atom. The molecular formula is C8H13FS. The van der Waals surface area contributed by atoms with Crippen molar-refractivity contribution < 1.29 is 3.89 Å². The van der Waals surface area contributed by atoms with Gasteiger partial charge in [0.1, 0.15) is 0 Å². The van der Waals surface area contributed by atoms with E-state index in [0.717, 1.165) is 25.2 Å². The minimum Gasteiger partial charge on any atom is -0.165 e. The lowest BCUT2D eigenvalue weighted by Crippen LogP contribution is -2.36. The molecule has 0 radical (unpaired) electrons. The Hall–Kier alpha value is 0.280. The molecule has 0 unspecified atom stereocenters. The lowest BCUT2D eigenvalue weighted by atomic mass is 9.70. The third-order valence-electron chi connectivity index (χ3n) is 3.19. The van der Waals surface area contributed by atoms with Gasteiger partial charge in [-0.15, -0.1) is 0 Å². The first-order valence-electron chi connectivity index (χ1n) is 4.14. The van der Waals surface area contributed by atoms with Gasteiger partial charge in [-0.25, -0.2) is 0 Å². The van der Waals surface area contributed by atoms with E-state index in [4.69, 9.17) is 0 Å². The molecule has 3 saturated carbocycles. The van der Waals surface area contributed by atoms with E-state index in [2.05, 4.69) is 0 Å². The molecule has 0 aromatic heterocycles. The molecule has 0 aromatic carbocycles. The Kier molecular flexibility index (Phi) is 1.67. The van der Waals surface area contributed by atoms with Crippen LogP contribution in [0.4, 0.5) is 3.89 Å². The fraction of sp³-hybridized carbons (Fsp3) is 1.00. The lowest BCUT2D eigenvalue weighted by Gasteiger charge is -2.43. The second-order valence-electron chi connectivity index (χ2n) is 3.74. The minimum absolute atomic E-state index is 0.0781. The maximum absolute atomic E-state index is 12.5. The van der Waals surface area contributed by atoms with Crippen LogP contribution in [-0.4, -0.2) is 4.75 Å². The summed E-state index contributed by atoms with van der Waals surface area (Å²) in [4.78, 5) is 0. The average Bonchev–Trinajstić information content (AvgIpc) is 2.08. The van der Waals surface area contributed by atoms with Gasteiger partial charge in [0.15, 0.2) is 0 Å². The van der Waals surface area contributed by atoms with Crippen LogP contribution in [0.5, 0.6) is 0 Å². The van der Waals surface area contributed by atoms with Crippen molar-refractivity contribution in [3.63, 3.8) is 0 Å². The highest BCUT2D eigenvalue weighted by atomic mass is 32.2. The summed E-state index contributed by atoms with van der Waals surface area (Å²) in [5, 5.41) is 0. The van der Waals surface area contributed by atoms with Gasteiger partial charge in [0.2, 0.25) is 0 Å². The van der Waals surface area contributed by atoms with Crippen molar-refractivity contribution in [2.75, 3.05) is 0 Å². The standard InChI is InChI=1S/C8H13FS/c9-10-8-4-1-7(2-5-8)3-6-8/h7H,1-6H2. The molecule has 3 fully saturated rings. The van der Waals surface area contributed by atoms with Crippen LogP contribution in [0.25, 0.3) is 0 Å². The van der Waals surface area contributed by atoms with E-state index in [1.807, 2.05) is 0 Å². The second-order valence-corrected chi connectivity index (χ2v) is 4.76. The molecule has 0 aromatic rings. The first kappa shape index (κ1) is 6.96. The number of hydrogen-bond donors (Lipinski definition) is 0. The van der Waals surface area contributed by atoms with Gasteiger partial charge < -0.3 is 0 Å². The number of halogens is 1. The third kappa shape index (κ3) is 0.969. The number of hydrogen-bond acceptors (Lipinski definition) is 1. The summed E-state index contributed by atoms with van der Waals surface area (Å²) in [6.07, 6.45) is 7.28. The highest BCUT2D eigenvalue weighted by Crippen LogP contribution is 2.51. The normalized spacial score (nSPS) is 45.9. The number of fused-ring (bicyclic) bond motifs is 3. The van der Waals surface area contributed by atoms with Gasteiger partial charge in [0.05, 0.1) is 12.1 Å². The van der Waals surface area contributed by atoms with Crippen LogP contribution >= 0.6 is 12.1 Å². The average molecular weight is 160 g/mol. The van der Waals surface area contributed by atoms with Gasteiger partial charge in [-0.2, -0.15) is 3.89 Å². The smallest absolute Gasteiger partial charge is 0.0511 e. The maximum Gasteiger partial charge on any atom is 0.0511 e. The predicted octanol–water partition coefficient (Wildman–Crippen LogP) is 3.33. The van der Waals surface area contributed by atoms with Crippen molar-refractivity contribution >= 4 is 12.1 Å². The molecule has 58 valence electrons. The first-order valence-corrected chi connectivity index (χ1v) is 4.86. The van der Waals surface area contributed by atoms with Crippen LogP contribution in [0.2, 0.25) is 0 Å². The van der Waals surface area contributed by atoms with E-state index >= 15 is 0 Å². The molecule has 3 aliphatic carbocycles. The van der Waals surface area contributed by atoms with Gasteiger partial charge in [0, 0.05) is 4.75 Å². The van der Waals surface area contributed by atoms with Crippen molar-refractivity contribution in [3.05, 3.63) is 0 Å². The monoisotopic (exact) mass is 160 g/mol. The summed E-state index contributed by atoms with van der Waals surface area (Å²) < 4.78 is 12.6. The Labute approximate surface area is 65.9 Å². The molecule has 0 amide bonds. The van der Waals surface area contributed by atoms with E-state index in [1.54, 1.807) is 0 Å². The van der Waals surface area contributed by atoms with Crippen LogP contribution < -0.4 is 0 Å². The Bertz CT molecular complexity index is 113. The van der Waals surface area contributed by atoms with E-state index in [0.29, 0.717) is 12.1 Å². The highest BCUT2D eigenvalue weighted by Gasteiger charge is 2.41. The quantitative estimate of drug-likeness (QED) is 0.567. The zero-order valence-electron chi connectivity index (χ0n) is 6.11.